The van der Waals surface area contributed by atoms with Crippen LogP contribution in [0, 0.1) is 18.5 Å². The van der Waals surface area contributed by atoms with Crippen LogP contribution in [0.5, 0.6) is 23.0 Å². The average Bonchev–Trinajstić information content (AvgIpc) is 4.23. The van der Waals surface area contributed by atoms with E-state index in [4.69, 9.17) is 28.2 Å². The number of rotatable bonds is 8. The molecule has 0 unspecified atom stereocenters. The van der Waals surface area contributed by atoms with Crippen molar-refractivity contribution < 1.29 is 48.8 Å². The van der Waals surface area contributed by atoms with Gasteiger partial charge in [0.05, 0.1) is 30.4 Å². The van der Waals surface area contributed by atoms with E-state index in [0.717, 1.165) is 61.1 Å². The zero-order valence-electron chi connectivity index (χ0n) is 49.0. The molecule has 0 saturated carbocycles. The van der Waals surface area contributed by atoms with Crippen molar-refractivity contribution in [2.75, 3.05) is 0 Å². The van der Waals surface area contributed by atoms with E-state index in [1.54, 1.807) is 33.4 Å². The van der Waals surface area contributed by atoms with Crippen LogP contribution in [0.25, 0.3) is 72.3 Å². The van der Waals surface area contributed by atoms with Crippen LogP contribution in [-0.2, 0) is 26.5 Å². The molecule has 9 aromatic carbocycles. The van der Waals surface area contributed by atoms with Gasteiger partial charge >= 0.3 is 0 Å². The predicted molar refractivity (Wildman–Crippen MR) is 287 cm³/mol. The number of benzene rings is 9. The smallest absolute Gasteiger partial charge is 0.268 e. The molecule has 0 fully saturated rings. The number of hydrogen-bond donors (Lipinski definition) is 0. The SMILES string of the molecule is [2H]c1c([2H])c([2H])c(-c2cccc(-c3c([2H])c([2H])c([2H])c([2H])c3[2H])c2-[n+]2[c-]n(-c3[c-]c(Oc4[c-]c5c(cc4)c4cc(B6c7ccccc7Oc7ccccc76)ccc4n5-c4cc(C(C)(C)C)ccn4)ccc3)c3ccccc32)c([2H])c1[2H].[Pt]. The molecule has 0 amide bonds. The molecule has 6 nitrogen and oxygen atoms in total. The summed E-state index contributed by atoms with van der Waals surface area (Å²) in [5, 5.41) is 1.95. The Balaban J connectivity index is 0.00000665. The second-order valence-electron chi connectivity index (χ2n) is 18.4. The maximum absolute atomic E-state index is 9.07. The van der Waals surface area contributed by atoms with E-state index in [1.807, 2.05) is 97.2 Å². The summed E-state index contributed by atoms with van der Waals surface area (Å²) >= 11 is 0. The first-order valence-electron chi connectivity index (χ1n) is 28.2. The van der Waals surface area contributed by atoms with Gasteiger partial charge in [0, 0.05) is 44.3 Å². The van der Waals surface area contributed by atoms with Crippen molar-refractivity contribution in [2.24, 2.45) is 0 Å². The van der Waals surface area contributed by atoms with Crippen molar-refractivity contribution in [1.29, 1.82) is 0 Å². The molecular formula is C64H45BN4O2Pt-2. The summed E-state index contributed by atoms with van der Waals surface area (Å²) in [7, 11) is 0. The van der Waals surface area contributed by atoms with Crippen molar-refractivity contribution in [3.05, 3.63) is 242 Å². The maximum Gasteiger partial charge on any atom is 0.268 e. The van der Waals surface area contributed by atoms with Gasteiger partial charge in [0.1, 0.15) is 17.3 Å². The minimum atomic E-state index is -0.577. The fraction of sp³-hybridized carbons (Fsp3) is 0.0625. The Hall–Kier alpha value is -8.25. The molecule has 0 radical (unpaired) electrons. The van der Waals surface area contributed by atoms with E-state index in [0.29, 0.717) is 28.2 Å². The van der Waals surface area contributed by atoms with Crippen LogP contribution in [0.15, 0.2) is 218 Å². The number of aromatic nitrogens is 4. The van der Waals surface area contributed by atoms with Gasteiger partial charge in [-0.3, -0.25) is 4.57 Å². The Bertz CT molecular complexity index is 4450. The monoisotopic (exact) mass is 1120 g/mol. The second kappa shape index (κ2) is 18.2. The number of nitrogens with zero attached hydrogens (tertiary/aromatic N) is 4. The molecule has 0 aliphatic carbocycles. The van der Waals surface area contributed by atoms with E-state index in [-0.39, 0.29) is 61.1 Å². The van der Waals surface area contributed by atoms with Gasteiger partial charge in [-0.05, 0) is 85.6 Å². The maximum atomic E-state index is 9.07. The fourth-order valence-corrected chi connectivity index (χ4v) is 9.80. The van der Waals surface area contributed by atoms with Gasteiger partial charge in [-0.2, -0.15) is 18.2 Å². The summed E-state index contributed by atoms with van der Waals surface area (Å²) in [6.45, 7) is 6.44. The van der Waals surface area contributed by atoms with E-state index < -0.39 is 60.4 Å². The van der Waals surface area contributed by atoms with Gasteiger partial charge in [0.25, 0.3) is 13.0 Å². The number of fused-ring (bicyclic) bond motifs is 6. The van der Waals surface area contributed by atoms with Crippen LogP contribution in [-0.4, -0.2) is 20.8 Å². The Morgan fingerprint density at radius 2 is 1.28 bits per heavy atom. The molecule has 72 heavy (non-hydrogen) atoms. The molecule has 3 aromatic heterocycles. The largest absolute Gasteiger partial charge is 0.510 e. The first-order valence-corrected chi connectivity index (χ1v) is 23.2. The third-order valence-electron chi connectivity index (χ3n) is 13.1. The normalized spacial score (nSPS) is 14.0. The zero-order valence-corrected chi connectivity index (χ0v) is 41.3. The number of ether oxygens (including phenoxy) is 2. The van der Waals surface area contributed by atoms with E-state index in [1.165, 1.54) is 0 Å². The summed E-state index contributed by atoms with van der Waals surface area (Å²) in [6.07, 6.45) is 5.27. The van der Waals surface area contributed by atoms with Gasteiger partial charge in [0.2, 0.25) is 0 Å². The molecule has 0 atom stereocenters. The Morgan fingerprint density at radius 1 is 0.625 bits per heavy atom. The van der Waals surface area contributed by atoms with E-state index in [2.05, 4.69) is 80.2 Å². The third-order valence-corrected chi connectivity index (χ3v) is 13.1. The second-order valence-corrected chi connectivity index (χ2v) is 18.4. The van der Waals surface area contributed by atoms with Gasteiger partial charge in [0.15, 0.2) is 0 Å². The van der Waals surface area contributed by atoms with Crippen LogP contribution in [0.4, 0.5) is 0 Å². The molecule has 12 aromatic rings. The molecule has 0 saturated heterocycles. The molecule has 348 valence electrons. The molecule has 8 heteroatoms. The minimum absolute atomic E-state index is 0. The summed E-state index contributed by atoms with van der Waals surface area (Å²) in [4.78, 5) is 4.95. The average molecular weight is 1120 g/mol. The molecule has 0 N–H and O–H groups in total. The van der Waals surface area contributed by atoms with Crippen molar-refractivity contribution in [3.8, 4) is 62.4 Å². The van der Waals surface area contributed by atoms with Gasteiger partial charge in [-0.1, -0.05) is 183 Å². The summed E-state index contributed by atoms with van der Waals surface area (Å²) in [5.74, 6) is 3.12. The number of imidazole rings is 1. The van der Waals surface area contributed by atoms with Gasteiger partial charge < -0.3 is 18.6 Å². The molecule has 4 heterocycles. The van der Waals surface area contributed by atoms with Crippen LogP contribution >= 0.6 is 0 Å². The van der Waals surface area contributed by atoms with E-state index in [9.17, 15) is 0 Å². The van der Waals surface area contributed by atoms with Crippen molar-refractivity contribution in [2.45, 2.75) is 26.2 Å². The summed E-state index contributed by atoms with van der Waals surface area (Å²) < 4.78 is 106. The number of hydrogen-bond acceptors (Lipinski definition) is 3. The predicted octanol–water partition coefficient (Wildman–Crippen LogP) is 12.8. The molecule has 0 spiro atoms. The topological polar surface area (TPSA) is 45.1 Å². The fourth-order valence-electron chi connectivity index (χ4n) is 9.80. The van der Waals surface area contributed by atoms with Crippen LogP contribution in [0.3, 0.4) is 0 Å². The Labute approximate surface area is 447 Å². The van der Waals surface area contributed by atoms with Crippen molar-refractivity contribution >= 4 is 55.9 Å². The standard InChI is InChI=1S/C64H45BN4O2.Pt/c1-64(2,3)45-36-37-66-62(38-45)69-56-35-32-46(65-54-26-10-14-30-60(54)71-61-31-15-11-27-55(61)65)39-53(56)52-34-33-49(41-59(52)69)70-48-23-16-22-47(40-48)67-42-68(58-29-13-12-28-57(58)67)63-50(43-18-6-4-7-19-43)24-17-25-51(63)44-20-8-5-9-21-44;/h4-39H,1-3H3;/q-2;/i4D,5D,6D,7D,8D,9D,18D,19D,20D,21D;. The number of para-hydroxylation sites is 5. The zero-order chi connectivity index (χ0) is 56.3. The first kappa shape index (κ1) is 35.0. The number of pyridine rings is 1. The van der Waals surface area contributed by atoms with Crippen molar-refractivity contribution in [1.82, 2.24) is 14.1 Å². The van der Waals surface area contributed by atoms with Crippen LogP contribution in [0.2, 0.25) is 0 Å². The Kier molecular flexibility index (Phi) is 8.82. The quantitative estimate of drug-likeness (QED) is 0.0865. The van der Waals surface area contributed by atoms with Crippen molar-refractivity contribution in [3.63, 3.8) is 0 Å². The molecule has 1 aliphatic heterocycles. The van der Waals surface area contributed by atoms with E-state index >= 15 is 0 Å². The van der Waals surface area contributed by atoms with Gasteiger partial charge in [-0.25, -0.2) is 4.98 Å². The van der Waals surface area contributed by atoms with Gasteiger partial charge in [-0.15, -0.1) is 29.7 Å². The third kappa shape index (κ3) is 7.82. The summed E-state index contributed by atoms with van der Waals surface area (Å²) in [6, 6.07) is 50.3. The van der Waals surface area contributed by atoms with Crippen LogP contribution in [0.1, 0.15) is 40.0 Å². The molecular weight excluding hydrogens is 1060 g/mol. The first-order chi connectivity index (χ1) is 39.0. The molecule has 0 bridgehead atoms. The molecule has 1 aliphatic rings. The Morgan fingerprint density at radius 3 is 1.99 bits per heavy atom. The summed E-state index contributed by atoms with van der Waals surface area (Å²) in [5.41, 5.74) is 7.66. The van der Waals surface area contributed by atoms with Crippen LogP contribution < -0.4 is 30.4 Å². The molecule has 13 rings (SSSR count). The minimum Gasteiger partial charge on any atom is -0.510 e.